The molecule has 0 unspecified atom stereocenters. The molecule has 0 atom stereocenters. The van der Waals surface area contributed by atoms with Crippen molar-refractivity contribution in [3.05, 3.63) is 59.7 Å². The highest BCUT2D eigenvalue weighted by Gasteiger charge is 2.07. The number of rotatable bonds is 6. The third-order valence-electron chi connectivity index (χ3n) is 3.56. The minimum atomic E-state index is -0.227. The Morgan fingerprint density at radius 3 is 2.78 bits per heavy atom. The highest BCUT2D eigenvalue weighted by molar-refractivity contribution is 7.22. The average Bonchev–Trinajstić information content (AvgIpc) is 2.97. The van der Waals surface area contributed by atoms with E-state index in [1.807, 2.05) is 24.3 Å². The van der Waals surface area contributed by atoms with E-state index in [1.54, 1.807) is 11.3 Å². The molecule has 3 rings (SSSR count). The van der Waals surface area contributed by atoms with Crippen LogP contribution in [0.3, 0.4) is 0 Å². The van der Waals surface area contributed by atoms with Crippen molar-refractivity contribution >= 4 is 32.7 Å². The molecule has 3 aromatic rings. The molecule has 0 saturated heterocycles. The zero-order valence-electron chi connectivity index (χ0n) is 12.9. The van der Waals surface area contributed by atoms with Crippen LogP contribution in [-0.2, 0) is 22.4 Å². The van der Waals surface area contributed by atoms with Crippen molar-refractivity contribution in [2.24, 2.45) is 0 Å². The predicted molar refractivity (Wildman–Crippen MR) is 94.0 cm³/mol. The van der Waals surface area contributed by atoms with Gasteiger partial charge in [0.05, 0.1) is 23.7 Å². The van der Waals surface area contributed by atoms with Crippen LogP contribution in [0.1, 0.15) is 11.1 Å². The van der Waals surface area contributed by atoms with Crippen LogP contribution in [0.5, 0.6) is 0 Å². The first-order valence-corrected chi connectivity index (χ1v) is 8.30. The summed E-state index contributed by atoms with van der Waals surface area (Å²) in [6.07, 6.45) is 1.26. The molecule has 0 radical (unpaired) electrons. The van der Waals surface area contributed by atoms with Crippen molar-refractivity contribution in [3.63, 3.8) is 0 Å². The Morgan fingerprint density at radius 2 is 2.00 bits per heavy atom. The summed E-state index contributed by atoms with van der Waals surface area (Å²) in [6.45, 7) is 0.846. The summed E-state index contributed by atoms with van der Waals surface area (Å²) in [4.78, 5) is 15.9. The molecule has 118 valence electrons. The van der Waals surface area contributed by atoms with E-state index >= 15 is 0 Å². The maximum Gasteiger partial charge on any atom is 0.309 e. The van der Waals surface area contributed by atoms with E-state index in [0.29, 0.717) is 6.42 Å². The highest BCUT2D eigenvalue weighted by atomic mass is 32.1. The summed E-state index contributed by atoms with van der Waals surface area (Å²) in [5, 5.41) is 4.28. The summed E-state index contributed by atoms with van der Waals surface area (Å²) in [7, 11) is 1.41. The molecule has 1 N–H and O–H groups in total. The molecule has 1 aromatic heterocycles. The van der Waals surface area contributed by atoms with Crippen molar-refractivity contribution in [1.29, 1.82) is 0 Å². The van der Waals surface area contributed by atoms with Gasteiger partial charge in [0.1, 0.15) is 0 Å². The fraction of sp³-hybridized carbons (Fsp3) is 0.222. The lowest BCUT2D eigenvalue weighted by Gasteiger charge is -2.02. The summed E-state index contributed by atoms with van der Waals surface area (Å²) in [6, 6.07) is 16.3. The lowest BCUT2D eigenvalue weighted by Crippen LogP contribution is -2.04. The van der Waals surface area contributed by atoms with E-state index in [2.05, 4.69) is 34.6 Å². The van der Waals surface area contributed by atoms with Crippen LogP contribution >= 0.6 is 11.3 Å². The maximum atomic E-state index is 11.4. The predicted octanol–water partition coefficient (Wildman–Crippen LogP) is 3.67. The van der Waals surface area contributed by atoms with Crippen LogP contribution < -0.4 is 5.32 Å². The molecular formula is C18H18N2O2S. The SMILES string of the molecule is COC(=O)Cc1ccc2nc(NCCc3ccccc3)sc2c1. The van der Waals surface area contributed by atoms with E-state index in [9.17, 15) is 4.79 Å². The summed E-state index contributed by atoms with van der Waals surface area (Å²) in [5.74, 6) is -0.227. The van der Waals surface area contributed by atoms with E-state index in [4.69, 9.17) is 4.74 Å². The van der Waals surface area contributed by atoms with Gasteiger partial charge in [-0.3, -0.25) is 4.79 Å². The highest BCUT2D eigenvalue weighted by Crippen LogP contribution is 2.27. The molecule has 0 saturated carbocycles. The van der Waals surface area contributed by atoms with Gasteiger partial charge < -0.3 is 10.1 Å². The minimum absolute atomic E-state index is 0.227. The van der Waals surface area contributed by atoms with Crippen LogP contribution in [0.4, 0.5) is 5.13 Å². The van der Waals surface area contributed by atoms with Crippen molar-refractivity contribution in [1.82, 2.24) is 4.98 Å². The monoisotopic (exact) mass is 326 g/mol. The number of anilines is 1. The van der Waals surface area contributed by atoms with Crippen molar-refractivity contribution in [2.45, 2.75) is 12.8 Å². The Bertz CT molecular complexity index is 799. The smallest absolute Gasteiger partial charge is 0.309 e. The third-order valence-corrected chi connectivity index (χ3v) is 4.54. The summed E-state index contributed by atoms with van der Waals surface area (Å²) >= 11 is 1.61. The molecule has 0 aliphatic heterocycles. The van der Waals surface area contributed by atoms with Gasteiger partial charge in [0.25, 0.3) is 0 Å². The third kappa shape index (κ3) is 4.07. The molecular weight excluding hydrogens is 308 g/mol. The average molecular weight is 326 g/mol. The molecule has 0 aliphatic rings. The van der Waals surface area contributed by atoms with Gasteiger partial charge in [-0.25, -0.2) is 4.98 Å². The molecule has 0 amide bonds. The normalized spacial score (nSPS) is 10.7. The number of esters is 1. The fourth-order valence-corrected chi connectivity index (χ4v) is 3.31. The topological polar surface area (TPSA) is 51.2 Å². The summed E-state index contributed by atoms with van der Waals surface area (Å²) in [5.41, 5.74) is 3.20. The number of nitrogens with zero attached hydrogens (tertiary/aromatic N) is 1. The molecule has 23 heavy (non-hydrogen) atoms. The number of benzene rings is 2. The Morgan fingerprint density at radius 1 is 1.17 bits per heavy atom. The van der Waals surface area contributed by atoms with Gasteiger partial charge in [0, 0.05) is 6.54 Å². The van der Waals surface area contributed by atoms with Gasteiger partial charge in [-0.2, -0.15) is 0 Å². The zero-order chi connectivity index (χ0) is 16.1. The van der Waals surface area contributed by atoms with Crippen molar-refractivity contribution in [2.75, 3.05) is 19.0 Å². The number of ether oxygens (including phenoxy) is 1. The van der Waals surface area contributed by atoms with Gasteiger partial charge in [0.2, 0.25) is 0 Å². The van der Waals surface area contributed by atoms with Crippen molar-refractivity contribution in [3.8, 4) is 0 Å². The molecule has 1 heterocycles. The lowest BCUT2D eigenvalue weighted by atomic mass is 10.1. The maximum absolute atomic E-state index is 11.4. The minimum Gasteiger partial charge on any atom is -0.469 e. The fourth-order valence-electron chi connectivity index (χ4n) is 2.35. The van der Waals surface area contributed by atoms with Gasteiger partial charge in [-0.1, -0.05) is 47.7 Å². The van der Waals surface area contributed by atoms with E-state index in [0.717, 1.165) is 33.9 Å². The Kier molecular flexibility index (Phi) is 4.88. The first-order chi connectivity index (χ1) is 11.2. The standard InChI is InChI=1S/C18H18N2O2S/c1-22-17(21)12-14-7-8-15-16(11-14)23-18(20-15)19-10-9-13-5-3-2-4-6-13/h2-8,11H,9-10,12H2,1H3,(H,19,20). The van der Waals surface area contributed by atoms with Crippen LogP contribution in [0.15, 0.2) is 48.5 Å². The first-order valence-electron chi connectivity index (χ1n) is 7.48. The van der Waals surface area contributed by atoms with Gasteiger partial charge >= 0.3 is 5.97 Å². The van der Waals surface area contributed by atoms with Crippen LogP contribution in [0, 0.1) is 0 Å². The zero-order valence-corrected chi connectivity index (χ0v) is 13.7. The Hall–Kier alpha value is -2.40. The van der Waals surface area contributed by atoms with Crippen molar-refractivity contribution < 1.29 is 9.53 Å². The molecule has 0 bridgehead atoms. The second-order valence-electron chi connectivity index (χ2n) is 5.24. The van der Waals surface area contributed by atoms with E-state index in [-0.39, 0.29) is 5.97 Å². The van der Waals surface area contributed by atoms with E-state index < -0.39 is 0 Å². The van der Waals surface area contributed by atoms with E-state index in [1.165, 1.54) is 12.7 Å². The lowest BCUT2D eigenvalue weighted by molar-refractivity contribution is -0.139. The Labute approximate surface area is 139 Å². The molecule has 4 nitrogen and oxygen atoms in total. The molecule has 0 aliphatic carbocycles. The van der Waals surface area contributed by atoms with Crippen LogP contribution in [-0.4, -0.2) is 24.6 Å². The molecule has 0 fully saturated rings. The number of hydrogen-bond donors (Lipinski definition) is 1. The van der Waals surface area contributed by atoms with Crippen LogP contribution in [0.2, 0.25) is 0 Å². The number of carbonyl (C=O) groups excluding carboxylic acids is 1. The largest absolute Gasteiger partial charge is 0.469 e. The number of methoxy groups -OCH3 is 1. The number of aromatic nitrogens is 1. The quantitative estimate of drug-likeness (QED) is 0.702. The molecule has 0 spiro atoms. The number of thiazole rings is 1. The summed E-state index contributed by atoms with van der Waals surface area (Å²) < 4.78 is 5.78. The first kappa shape index (κ1) is 15.5. The number of carbonyl (C=O) groups is 1. The molecule has 2 aromatic carbocycles. The van der Waals surface area contributed by atoms with Gasteiger partial charge in [-0.15, -0.1) is 0 Å². The van der Waals surface area contributed by atoms with Gasteiger partial charge in [-0.05, 0) is 29.7 Å². The second-order valence-corrected chi connectivity index (χ2v) is 6.27. The number of fused-ring (bicyclic) bond motifs is 1. The Balaban J connectivity index is 1.64. The molecule has 5 heteroatoms. The number of nitrogens with one attached hydrogen (secondary N) is 1. The van der Waals surface area contributed by atoms with Crippen LogP contribution in [0.25, 0.3) is 10.2 Å². The van der Waals surface area contributed by atoms with Gasteiger partial charge in [0.15, 0.2) is 5.13 Å². The number of hydrogen-bond acceptors (Lipinski definition) is 5. The second kappa shape index (κ2) is 7.24.